The van der Waals surface area contributed by atoms with Gasteiger partial charge in [0.25, 0.3) is 0 Å². The van der Waals surface area contributed by atoms with E-state index in [1.54, 1.807) is 24.3 Å². The molecule has 3 N–H and O–H groups in total. The van der Waals surface area contributed by atoms with Gasteiger partial charge in [0.1, 0.15) is 21.3 Å². The Kier molecular flexibility index (Phi) is 6.56. The predicted octanol–water partition coefficient (Wildman–Crippen LogP) is 5.86. The number of nitrogens with zero attached hydrogens (tertiary/aromatic N) is 4. The predicted molar refractivity (Wildman–Crippen MR) is 130 cm³/mol. The van der Waals surface area contributed by atoms with Crippen LogP contribution in [-0.2, 0) is 11.8 Å². The summed E-state index contributed by atoms with van der Waals surface area (Å²) in [6, 6.07) is 7.29. The van der Waals surface area contributed by atoms with Crippen LogP contribution in [0.2, 0.25) is 0 Å². The van der Waals surface area contributed by atoms with E-state index in [1.165, 1.54) is 22.4 Å². The van der Waals surface area contributed by atoms with Gasteiger partial charge in [0, 0.05) is 17.9 Å². The molecule has 2 aromatic heterocycles. The minimum Gasteiger partial charge on any atom is -0.383 e. The number of thiazole rings is 1. The summed E-state index contributed by atoms with van der Waals surface area (Å²) >= 11 is 1.17. The minimum atomic E-state index is -4.65. The first-order valence-corrected chi connectivity index (χ1v) is 12.6. The maximum absolute atomic E-state index is 13.4. The zero-order valence-electron chi connectivity index (χ0n) is 19.3. The van der Waals surface area contributed by atoms with E-state index in [2.05, 4.69) is 25.6 Å². The first kappa shape index (κ1) is 24.4. The molecule has 0 bridgehead atoms. The van der Waals surface area contributed by atoms with Crippen molar-refractivity contribution in [1.82, 2.24) is 20.3 Å². The number of hydrogen-bond acceptors (Lipinski definition) is 7. The average molecular weight is 519 g/mol. The van der Waals surface area contributed by atoms with Crippen LogP contribution in [0.1, 0.15) is 55.6 Å². The molecule has 0 radical (unpaired) electrons. The van der Waals surface area contributed by atoms with Crippen LogP contribution in [0.15, 0.2) is 42.7 Å². The van der Waals surface area contributed by atoms with E-state index in [0.717, 1.165) is 44.4 Å². The molecule has 12 heteroatoms. The molecule has 5 rings (SSSR count). The largest absolute Gasteiger partial charge is 0.433 e. The molecule has 2 amide bonds. The Balaban J connectivity index is 1.48. The zero-order valence-corrected chi connectivity index (χ0v) is 20.1. The SMILES string of the molecule is O=C(Nc1cccc(N(c2nccc(C(F)(F)F)n2)c2cnc(C3(O)CCC3)s2)c1)NC1CCCC1. The van der Waals surface area contributed by atoms with Gasteiger partial charge in [-0.25, -0.2) is 19.7 Å². The number of aromatic nitrogens is 3. The van der Waals surface area contributed by atoms with E-state index in [4.69, 9.17) is 0 Å². The van der Waals surface area contributed by atoms with Crippen molar-refractivity contribution in [1.29, 1.82) is 0 Å². The lowest BCUT2D eigenvalue weighted by atomic mass is 9.81. The molecule has 0 unspecified atom stereocenters. The summed E-state index contributed by atoms with van der Waals surface area (Å²) < 4.78 is 40.3. The van der Waals surface area contributed by atoms with Crippen LogP contribution in [0, 0.1) is 0 Å². The van der Waals surface area contributed by atoms with E-state index in [0.29, 0.717) is 34.2 Å². The molecule has 2 aliphatic rings. The number of aliphatic hydroxyl groups is 1. The molecule has 0 aliphatic heterocycles. The van der Waals surface area contributed by atoms with Crippen molar-refractivity contribution in [2.24, 2.45) is 0 Å². The average Bonchev–Trinajstić information content (AvgIpc) is 3.50. The van der Waals surface area contributed by atoms with Gasteiger partial charge in [-0.15, -0.1) is 0 Å². The third-order valence-corrected chi connectivity index (χ3v) is 7.65. The third-order valence-electron chi connectivity index (χ3n) is 6.48. The van der Waals surface area contributed by atoms with Gasteiger partial charge >= 0.3 is 12.2 Å². The quantitative estimate of drug-likeness (QED) is 0.378. The van der Waals surface area contributed by atoms with E-state index in [-0.39, 0.29) is 18.0 Å². The lowest BCUT2D eigenvalue weighted by Gasteiger charge is -2.34. The molecule has 2 aliphatic carbocycles. The Hall–Kier alpha value is -3.25. The van der Waals surface area contributed by atoms with Crippen molar-refractivity contribution >= 4 is 39.7 Å². The van der Waals surface area contributed by atoms with Crippen LogP contribution < -0.4 is 15.5 Å². The highest BCUT2D eigenvalue weighted by molar-refractivity contribution is 7.16. The van der Waals surface area contributed by atoms with Crippen molar-refractivity contribution < 1.29 is 23.1 Å². The van der Waals surface area contributed by atoms with Gasteiger partial charge in [0.05, 0.1) is 11.9 Å². The number of carbonyl (C=O) groups excluding carboxylic acids is 1. The summed E-state index contributed by atoms with van der Waals surface area (Å²) in [6.45, 7) is 0. The summed E-state index contributed by atoms with van der Waals surface area (Å²) in [5.74, 6) is -0.201. The highest BCUT2D eigenvalue weighted by Gasteiger charge is 2.40. The minimum absolute atomic E-state index is 0.135. The van der Waals surface area contributed by atoms with Crippen LogP contribution in [0.3, 0.4) is 0 Å². The second kappa shape index (κ2) is 9.66. The maximum Gasteiger partial charge on any atom is 0.433 e. The van der Waals surface area contributed by atoms with Gasteiger partial charge < -0.3 is 15.7 Å². The first-order chi connectivity index (χ1) is 17.2. The Bertz CT molecular complexity index is 1240. The Morgan fingerprint density at radius 1 is 1.14 bits per heavy atom. The Morgan fingerprint density at radius 2 is 1.92 bits per heavy atom. The zero-order chi connectivity index (χ0) is 25.3. The van der Waals surface area contributed by atoms with Crippen LogP contribution in [0.5, 0.6) is 0 Å². The van der Waals surface area contributed by atoms with Crippen molar-refractivity contribution in [3.63, 3.8) is 0 Å². The maximum atomic E-state index is 13.4. The molecule has 36 heavy (non-hydrogen) atoms. The van der Waals surface area contributed by atoms with E-state index in [1.807, 2.05) is 0 Å². The van der Waals surface area contributed by atoms with Crippen LogP contribution in [0.4, 0.5) is 40.3 Å². The topological polar surface area (TPSA) is 103 Å². The van der Waals surface area contributed by atoms with Gasteiger partial charge in [0.2, 0.25) is 5.95 Å². The number of halogens is 3. The van der Waals surface area contributed by atoms with Crippen molar-refractivity contribution in [3.8, 4) is 0 Å². The normalized spacial score (nSPS) is 17.4. The Labute approximate surface area is 209 Å². The smallest absolute Gasteiger partial charge is 0.383 e. The van der Waals surface area contributed by atoms with E-state index in [9.17, 15) is 23.1 Å². The number of anilines is 4. The number of hydrogen-bond donors (Lipinski definition) is 3. The summed E-state index contributed by atoms with van der Waals surface area (Å²) in [7, 11) is 0. The fourth-order valence-electron chi connectivity index (χ4n) is 4.41. The molecule has 2 heterocycles. The molecule has 2 saturated carbocycles. The Morgan fingerprint density at radius 3 is 2.61 bits per heavy atom. The molecule has 2 fully saturated rings. The van der Waals surface area contributed by atoms with Crippen LogP contribution >= 0.6 is 11.3 Å². The number of alkyl halides is 3. The number of nitrogens with one attached hydrogen (secondary N) is 2. The summed E-state index contributed by atoms with van der Waals surface area (Å²) in [6.07, 6.45) is 3.97. The van der Waals surface area contributed by atoms with Gasteiger partial charge in [-0.3, -0.25) is 4.90 Å². The number of benzene rings is 1. The van der Waals surface area contributed by atoms with E-state index >= 15 is 0 Å². The molecule has 0 spiro atoms. The first-order valence-electron chi connectivity index (χ1n) is 11.8. The van der Waals surface area contributed by atoms with Crippen LogP contribution in [0.25, 0.3) is 0 Å². The van der Waals surface area contributed by atoms with Gasteiger partial charge in [-0.1, -0.05) is 30.2 Å². The van der Waals surface area contributed by atoms with Crippen molar-refractivity contribution in [3.05, 3.63) is 53.4 Å². The molecule has 0 atom stereocenters. The molecule has 0 saturated heterocycles. The van der Waals surface area contributed by atoms with E-state index < -0.39 is 17.5 Å². The van der Waals surface area contributed by atoms with Gasteiger partial charge in [0.15, 0.2) is 0 Å². The lowest BCUT2D eigenvalue weighted by Crippen LogP contribution is -2.36. The van der Waals surface area contributed by atoms with Gasteiger partial charge in [-0.2, -0.15) is 13.2 Å². The van der Waals surface area contributed by atoms with Gasteiger partial charge in [-0.05, 0) is 56.4 Å². The highest BCUT2D eigenvalue weighted by atomic mass is 32.1. The number of carbonyl (C=O) groups is 1. The molecule has 190 valence electrons. The molecular weight excluding hydrogens is 493 g/mol. The third kappa shape index (κ3) is 5.14. The second-order valence-electron chi connectivity index (χ2n) is 9.09. The summed E-state index contributed by atoms with van der Waals surface area (Å²) in [5, 5.41) is 17.4. The van der Waals surface area contributed by atoms with Crippen molar-refractivity contribution in [2.75, 3.05) is 10.2 Å². The summed E-state index contributed by atoms with van der Waals surface area (Å²) in [4.78, 5) is 26.1. The second-order valence-corrected chi connectivity index (χ2v) is 10.1. The fourth-order valence-corrected chi connectivity index (χ4v) is 5.49. The standard InChI is InChI=1S/C24H25F3N6O2S/c25-24(26,27)18-9-12-28-21(32-18)33(19-14-29-20(36-19)23(35)10-4-11-23)17-8-3-7-16(13-17)31-22(34)30-15-5-1-2-6-15/h3,7-9,12-15,35H,1-2,4-6,10-11H2,(H2,30,31,34). The lowest BCUT2D eigenvalue weighted by molar-refractivity contribution is -0.141. The molecule has 8 nitrogen and oxygen atoms in total. The fraction of sp³-hybridized carbons (Fsp3) is 0.417. The molecule has 3 aromatic rings. The summed E-state index contributed by atoms with van der Waals surface area (Å²) in [5.41, 5.74) is -1.21. The molecular formula is C24H25F3N6O2S. The number of rotatable bonds is 6. The number of urea groups is 1. The monoisotopic (exact) mass is 518 g/mol. The number of amides is 2. The van der Waals surface area contributed by atoms with Crippen molar-refractivity contribution in [2.45, 2.75) is 62.8 Å². The highest BCUT2D eigenvalue weighted by Crippen LogP contribution is 2.46. The van der Waals surface area contributed by atoms with Crippen LogP contribution in [-0.4, -0.2) is 32.1 Å². The molecule has 1 aromatic carbocycles.